The lowest BCUT2D eigenvalue weighted by Gasteiger charge is -2.27. The van der Waals surface area contributed by atoms with Crippen molar-refractivity contribution < 1.29 is 49.0 Å². The number of ether oxygens (including phenoxy) is 2. The van der Waals surface area contributed by atoms with Gasteiger partial charge in [0.15, 0.2) is 0 Å². The first-order valence-electron chi connectivity index (χ1n) is 3.69. The average molecular weight is 277 g/mol. The molecule has 12 heteroatoms. The smallest absolute Gasteiger partial charge is 0.238 e. The van der Waals surface area contributed by atoms with E-state index in [-0.39, 0.29) is 0 Å². The molecule has 0 amide bonds. The molecule has 0 spiro atoms. The standard InChI is InChI=1S/C5F9NO2/c6-1(7)3(10,11)16-5(14)15(1)2(8,9)4(12,13)17-5. The zero-order valence-electron chi connectivity index (χ0n) is 7.17. The lowest BCUT2D eigenvalue weighted by atomic mass is 10.4. The molecule has 3 nitrogen and oxygen atoms in total. The van der Waals surface area contributed by atoms with Crippen molar-refractivity contribution in [3.63, 3.8) is 0 Å². The molecule has 0 radical (unpaired) electrons. The van der Waals surface area contributed by atoms with E-state index in [0.717, 1.165) is 0 Å². The second-order valence-electron chi connectivity index (χ2n) is 3.16. The molecule has 2 fully saturated rings. The van der Waals surface area contributed by atoms with Crippen molar-refractivity contribution in [2.75, 3.05) is 0 Å². The number of alkyl halides is 9. The molecule has 2 saturated heterocycles. The minimum absolute atomic E-state index is 2.44. The number of rotatable bonds is 0. The highest BCUT2D eigenvalue weighted by Gasteiger charge is 2.93. The summed E-state index contributed by atoms with van der Waals surface area (Å²) in [4.78, 5) is -2.44. The summed E-state index contributed by atoms with van der Waals surface area (Å²) >= 11 is 0. The number of fused-ring (bicyclic) bond motifs is 1. The molecule has 2 aliphatic rings. The van der Waals surface area contributed by atoms with Crippen molar-refractivity contribution in [1.82, 2.24) is 4.90 Å². The van der Waals surface area contributed by atoms with Gasteiger partial charge in [0.1, 0.15) is 0 Å². The van der Waals surface area contributed by atoms with Crippen LogP contribution in [0.25, 0.3) is 0 Å². The Morgan fingerprint density at radius 3 is 1.12 bits per heavy atom. The number of nitrogens with zero attached hydrogens (tertiary/aromatic N) is 1. The van der Waals surface area contributed by atoms with E-state index in [0.29, 0.717) is 0 Å². The normalized spacial score (nSPS) is 35.8. The summed E-state index contributed by atoms with van der Waals surface area (Å²) in [5.41, 5.74) is 0. The second kappa shape index (κ2) is 2.64. The highest BCUT2D eigenvalue weighted by atomic mass is 19.3. The number of hydrogen-bond donors (Lipinski definition) is 0. The largest absolute Gasteiger partial charge is 0.440 e. The fraction of sp³-hybridized carbons (Fsp3) is 1.00. The third-order valence-corrected chi connectivity index (χ3v) is 2.04. The van der Waals surface area contributed by atoms with Crippen molar-refractivity contribution >= 4 is 0 Å². The minimum Gasteiger partial charge on any atom is -0.238 e. The maximum absolute atomic E-state index is 13.0. The molecule has 0 aromatic carbocycles. The van der Waals surface area contributed by atoms with Crippen molar-refractivity contribution in [3.05, 3.63) is 0 Å². The second-order valence-corrected chi connectivity index (χ2v) is 3.16. The molecule has 0 bridgehead atoms. The van der Waals surface area contributed by atoms with Gasteiger partial charge in [-0.05, 0) is 0 Å². The van der Waals surface area contributed by atoms with Crippen molar-refractivity contribution in [1.29, 1.82) is 0 Å². The maximum atomic E-state index is 13.0. The highest BCUT2D eigenvalue weighted by Crippen LogP contribution is 2.64. The van der Waals surface area contributed by atoms with Crippen LogP contribution in [0.3, 0.4) is 0 Å². The number of hydrogen-bond acceptors (Lipinski definition) is 3. The van der Waals surface area contributed by atoms with Gasteiger partial charge >= 0.3 is 30.5 Å². The first-order valence-corrected chi connectivity index (χ1v) is 3.69. The molecule has 0 aromatic heterocycles. The molecule has 0 aliphatic carbocycles. The van der Waals surface area contributed by atoms with Crippen LogP contribution in [0.4, 0.5) is 39.5 Å². The first-order chi connectivity index (χ1) is 7.28. The van der Waals surface area contributed by atoms with Crippen LogP contribution in [0.15, 0.2) is 0 Å². The van der Waals surface area contributed by atoms with Crippen molar-refractivity contribution in [2.45, 2.75) is 30.5 Å². The van der Waals surface area contributed by atoms with E-state index in [2.05, 4.69) is 9.47 Å². The minimum atomic E-state index is -6.01. The van der Waals surface area contributed by atoms with E-state index < -0.39 is 35.4 Å². The van der Waals surface area contributed by atoms with Crippen LogP contribution in [-0.2, 0) is 9.47 Å². The van der Waals surface area contributed by atoms with Crippen LogP contribution in [0, 0.1) is 0 Å². The summed E-state index contributed by atoms with van der Waals surface area (Å²) in [6.07, 6.45) is -16.6. The van der Waals surface area contributed by atoms with Gasteiger partial charge in [0.2, 0.25) is 0 Å². The van der Waals surface area contributed by atoms with Crippen LogP contribution in [0.5, 0.6) is 0 Å². The van der Waals surface area contributed by atoms with Gasteiger partial charge in [-0.3, -0.25) is 0 Å². The third-order valence-electron chi connectivity index (χ3n) is 2.04. The number of halogens is 9. The average Bonchev–Trinajstić information content (AvgIpc) is 2.17. The predicted octanol–water partition coefficient (Wildman–Crippen LogP) is 2.30. The van der Waals surface area contributed by atoms with Crippen molar-refractivity contribution in [2.24, 2.45) is 0 Å². The molecule has 2 rings (SSSR count). The van der Waals surface area contributed by atoms with Gasteiger partial charge in [0.25, 0.3) is 0 Å². The molecular weight excluding hydrogens is 277 g/mol. The Bertz CT molecular complexity index is 338. The van der Waals surface area contributed by atoms with E-state index in [1.54, 1.807) is 0 Å². The molecule has 2 heterocycles. The van der Waals surface area contributed by atoms with Gasteiger partial charge in [-0.2, -0.15) is 39.5 Å². The zero-order valence-corrected chi connectivity index (χ0v) is 7.17. The summed E-state index contributed by atoms with van der Waals surface area (Å²) in [6.45, 7) is 0. The quantitative estimate of drug-likeness (QED) is 0.501. The van der Waals surface area contributed by atoms with E-state index in [1.165, 1.54) is 0 Å². The summed E-state index contributed by atoms with van der Waals surface area (Å²) < 4.78 is 118. The van der Waals surface area contributed by atoms with Crippen LogP contribution >= 0.6 is 0 Å². The fourth-order valence-corrected chi connectivity index (χ4v) is 1.32. The molecule has 0 atom stereocenters. The van der Waals surface area contributed by atoms with E-state index in [1.807, 2.05) is 0 Å². The van der Waals surface area contributed by atoms with Gasteiger partial charge in [-0.25, -0.2) is 9.47 Å². The fourth-order valence-electron chi connectivity index (χ4n) is 1.32. The summed E-state index contributed by atoms with van der Waals surface area (Å²) in [5.74, 6) is 0. The predicted molar refractivity (Wildman–Crippen MR) is 27.6 cm³/mol. The van der Waals surface area contributed by atoms with Crippen LogP contribution < -0.4 is 0 Å². The zero-order chi connectivity index (χ0) is 13.5. The van der Waals surface area contributed by atoms with Gasteiger partial charge < -0.3 is 0 Å². The maximum Gasteiger partial charge on any atom is 0.440 e. The van der Waals surface area contributed by atoms with Gasteiger partial charge in [-0.15, -0.1) is 0 Å². The van der Waals surface area contributed by atoms with E-state index >= 15 is 0 Å². The molecule has 0 unspecified atom stereocenters. The monoisotopic (exact) mass is 277 g/mol. The van der Waals surface area contributed by atoms with Crippen LogP contribution in [-0.4, -0.2) is 35.4 Å². The molecule has 0 saturated carbocycles. The lowest BCUT2D eigenvalue weighted by Crippen LogP contribution is -2.58. The highest BCUT2D eigenvalue weighted by molar-refractivity contribution is 5.00. The van der Waals surface area contributed by atoms with Gasteiger partial charge in [-0.1, -0.05) is 4.90 Å². The van der Waals surface area contributed by atoms with Crippen LogP contribution in [0.1, 0.15) is 0 Å². The SMILES string of the molecule is FC12OC(F)(F)C(F)(F)N1C(F)(F)C(F)(F)O2. The Kier molecular flexibility index (Phi) is 1.97. The summed E-state index contributed by atoms with van der Waals surface area (Å²) in [6, 6.07) is -12.0. The van der Waals surface area contributed by atoms with Crippen LogP contribution in [0.2, 0.25) is 0 Å². The van der Waals surface area contributed by atoms with Gasteiger partial charge in [0.05, 0.1) is 0 Å². The third kappa shape index (κ3) is 1.20. The Morgan fingerprint density at radius 1 is 0.588 bits per heavy atom. The molecule has 100 valence electrons. The summed E-state index contributed by atoms with van der Waals surface area (Å²) in [7, 11) is 0. The van der Waals surface area contributed by atoms with Gasteiger partial charge in [0, 0.05) is 0 Å². The molecule has 17 heavy (non-hydrogen) atoms. The lowest BCUT2D eigenvalue weighted by molar-refractivity contribution is -0.442. The topological polar surface area (TPSA) is 21.7 Å². The van der Waals surface area contributed by atoms with E-state index in [4.69, 9.17) is 0 Å². The van der Waals surface area contributed by atoms with E-state index in [9.17, 15) is 39.5 Å². The Balaban J connectivity index is 2.58. The molecular formula is C5F9NO2. The Morgan fingerprint density at radius 2 is 0.882 bits per heavy atom. The first kappa shape index (κ1) is 12.7. The Hall–Kier alpha value is -0.750. The molecule has 0 N–H and O–H groups in total. The molecule has 2 aliphatic heterocycles. The molecule has 0 aromatic rings. The van der Waals surface area contributed by atoms with Crippen molar-refractivity contribution in [3.8, 4) is 0 Å². The summed E-state index contributed by atoms with van der Waals surface area (Å²) in [5, 5.41) is 0. The Labute approximate surface area is 85.7 Å².